The molecule has 1 aliphatic carbocycles. The predicted molar refractivity (Wildman–Crippen MR) is 76.0 cm³/mol. The highest BCUT2D eigenvalue weighted by Crippen LogP contribution is 2.28. The molecule has 0 aliphatic heterocycles. The summed E-state index contributed by atoms with van der Waals surface area (Å²) in [6.07, 6.45) is 3.21. The molecule has 0 bridgehead atoms. The van der Waals surface area contributed by atoms with Gasteiger partial charge in [-0.3, -0.25) is 4.79 Å². The summed E-state index contributed by atoms with van der Waals surface area (Å²) in [4.78, 5) is 15.0. The van der Waals surface area contributed by atoms with E-state index in [1.807, 2.05) is 11.4 Å². The minimum absolute atomic E-state index is 0.00255. The molecule has 4 nitrogen and oxygen atoms in total. The van der Waals surface area contributed by atoms with Crippen LogP contribution in [0.15, 0.2) is 11.4 Å². The number of nitrogens with two attached hydrogens (primary N) is 1. The van der Waals surface area contributed by atoms with Crippen LogP contribution in [0, 0.1) is 11.8 Å². The van der Waals surface area contributed by atoms with Crippen molar-refractivity contribution in [2.24, 2.45) is 5.73 Å². The van der Waals surface area contributed by atoms with Crippen LogP contribution >= 0.6 is 11.3 Å². The summed E-state index contributed by atoms with van der Waals surface area (Å²) >= 11 is 1.40. The molecule has 1 aliphatic rings. The molecule has 0 saturated heterocycles. The van der Waals surface area contributed by atoms with Crippen molar-refractivity contribution >= 4 is 17.2 Å². The topological polar surface area (TPSA) is 66.6 Å². The summed E-state index contributed by atoms with van der Waals surface area (Å²) < 4.78 is 0. The molecule has 102 valence electrons. The van der Waals surface area contributed by atoms with Crippen LogP contribution in [0.5, 0.6) is 0 Å². The van der Waals surface area contributed by atoms with E-state index >= 15 is 0 Å². The average Bonchev–Trinajstić information content (AvgIpc) is 2.81. The van der Waals surface area contributed by atoms with E-state index in [2.05, 4.69) is 11.8 Å². The van der Waals surface area contributed by atoms with Gasteiger partial charge in [0.15, 0.2) is 0 Å². The minimum atomic E-state index is -0.0185. The quantitative estimate of drug-likeness (QED) is 0.809. The third-order valence-corrected chi connectivity index (χ3v) is 4.20. The first-order chi connectivity index (χ1) is 9.27. The number of thiophene rings is 1. The van der Waals surface area contributed by atoms with Crippen molar-refractivity contribution in [1.82, 2.24) is 4.90 Å². The molecule has 0 radical (unpaired) electrons. The molecule has 0 atom stereocenters. The molecule has 0 aromatic carbocycles. The molecule has 1 amide bonds. The van der Waals surface area contributed by atoms with E-state index in [1.54, 1.807) is 4.90 Å². The first-order valence-electron chi connectivity index (χ1n) is 6.46. The van der Waals surface area contributed by atoms with Gasteiger partial charge in [-0.15, -0.1) is 11.3 Å². The molecule has 0 unspecified atom stereocenters. The van der Waals surface area contributed by atoms with Crippen LogP contribution in [0.3, 0.4) is 0 Å². The number of carbonyl (C=O) groups excluding carboxylic acids is 1. The lowest BCUT2D eigenvalue weighted by Gasteiger charge is -2.37. The normalized spacial score (nSPS) is 14.4. The second-order valence-corrected chi connectivity index (χ2v) is 5.39. The van der Waals surface area contributed by atoms with Crippen LogP contribution in [0.1, 0.15) is 34.5 Å². The zero-order valence-electron chi connectivity index (χ0n) is 10.8. The number of rotatable bonds is 4. The number of carbonyl (C=O) groups is 1. The van der Waals surface area contributed by atoms with Crippen molar-refractivity contribution in [3.05, 3.63) is 21.9 Å². The first-order valence-corrected chi connectivity index (χ1v) is 7.34. The Morgan fingerprint density at radius 3 is 2.95 bits per heavy atom. The van der Waals surface area contributed by atoms with Gasteiger partial charge in [0.2, 0.25) is 0 Å². The van der Waals surface area contributed by atoms with Crippen LogP contribution in [0.25, 0.3) is 0 Å². The summed E-state index contributed by atoms with van der Waals surface area (Å²) in [6, 6.07) is 2.12. The smallest absolute Gasteiger partial charge is 0.265 e. The van der Waals surface area contributed by atoms with Crippen molar-refractivity contribution in [1.29, 1.82) is 0 Å². The van der Waals surface area contributed by atoms with Gasteiger partial charge in [-0.2, -0.15) is 0 Å². The third-order valence-electron chi connectivity index (χ3n) is 3.30. The van der Waals surface area contributed by atoms with Gasteiger partial charge >= 0.3 is 0 Å². The largest absolute Gasteiger partial charge is 0.395 e. The highest BCUT2D eigenvalue weighted by molar-refractivity contribution is 7.12. The van der Waals surface area contributed by atoms with Crippen molar-refractivity contribution in [2.45, 2.75) is 25.3 Å². The van der Waals surface area contributed by atoms with E-state index in [4.69, 9.17) is 10.8 Å². The van der Waals surface area contributed by atoms with Crippen molar-refractivity contribution in [3.8, 4) is 11.8 Å². The van der Waals surface area contributed by atoms with Gasteiger partial charge in [-0.25, -0.2) is 0 Å². The molecule has 3 N–H and O–H groups in total. The van der Waals surface area contributed by atoms with E-state index in [9.17, 15) is 4.79 Å². The Kier molecular flexibility index (Phi) is 4.97. The zero-order valence-corrected chi connectivity index (χ0v) is 11.6. The molecule has 0 spiro atoms. The van der Waals surface area contributed by atoms with Gasteiger partial charge in [0.25, 0.3) is 5.91 Å². The molecule has 5 heteroatoms. The molecular formula is C14H18N2O2S. The highest BCUT2D eigenvalue weighted by atomic mass is 32.1. The molecule has 19 heavy (non-hydrogen) atoms. The maximum Gasteiger partial charge on any atom is 0.265 e. The van der Waals surface area contributed by atoms with Crippen LogP contribution in [0.4, 0.5) is 0 Å². The molecular weight excluding hydrogens is 260 g/mol. The SMILES string of the molecule is NCC#Cc1ccsc1C(=O)N(CCO)C1CCC1. The lowest BCUT2D eigenvalue weighted by atomic mass is 9.91. The number of hydrogen-bond acceptors (Lipinski definition) is 4. The van der Waals surface area contributed by atoms with E-state index in [0.29, 0.717) is 11.4 Å². The van der Waals surface area contributed by atoms with Gasteiger partial charge in [0.05, 0.1) is 13.2 Å². The molecule has 1 fully saturated rings. The summed E-state index contributed by atoms with van der Waals surface area (Å²) in [5.41, 5.74) is 6.10. The van der Waals surface area contributed by atoms with E-state index in [0.717, 1.165) is 24.8 Å². The molecule has 1 saturated carbocycles. The summed E-state index contributed by atoms with van der Waals surface area (Å²) in [6.45, 7) is 0.676. The standard InChI is InChI=1S/C14H18N2O2S/c15-7-2-3-11-6-10-19-13(11)14(18)16(8-9-17)12-4-1-5-12/h6,10,12,17H,1,4-5,7-9,15H2. The van der Waals surface area contributed by atoms with Gasteiger partial charge in [0.1, 0.15) is 4.88 Å². The van der Waals surface area contributed by atoms with E-state index in [1.165, 1.54) is 11.3 Å². The Labute approximate surface area is 117 Å². The Morgan fingerprint density at radius 1 is 1.58 bits per heavy atom. The number of amides is 1. The van der Waals surface area contributed by atoms with Crippen molar-refractivity contribution in [3.63, 3.8) is 0 Å². The number of aliphatic hydroxyl groups excluding tert-OH is 1. The summed E-state index contributed by atoms with van der Waals surface area (Å²) in [5.74, 6) is 5.69. The second kappa shape index (κ2) is 6.71. The Morgan fingerprint density at radius 2 is 2.37 bits per heavy atom. The Bertz CT molecular complexity index is 497. The van der Waals surface area contributed by atoms with Crippen molar-refractivity contribution < 1.29 is 9.90 Å². The second-order valence-electron chi connectivity index (χ2n) is 4.48. The maximum absolute atomic E-state index is 12.5. The fraction of sp³-hybridized carbons (Fsp3) is 0.500. The monoisotopic (exact) mass is 278 g/mol. The van der Waals surface area contributed by atoms with Gasteiger partial charge in [-0.05, 0) is 30.7 Å². The zero-order chi connectivity index (χ0) is 13.7. The summed E-state index contributed by atoms with van der Waals surface area (Å²) in [5, 5.41) is 11.0. The highest BCUT2D eigenvalue weighted by Gasteiger charge is 2.30. The lowest BCUT2D eigenvalue weighted by Crippen LogP contribution is -2.45. The number of hydrogen-bond donors (Lipinski definition) is 2. The van der Waals surface area contributed by atoms with Crippen LogP contribution in [0.2, 0.25) is 0 Å². The molecule has 1 heterocycles. The first kappa shape index (κ1) is 14.1. The van der Waals surface area contributed by atoms with Crippen molar-refractivity contribution in [2.75, 3.05) is 19.7 Å². The fourth-order valence-electron chi connectivity index (χ4n) is 2.11. The van der Waals surface area contributed by atoms with E-state index < -0.39 is 0 Å². The third kappa shape index (κ3) is 3.16. The lowest BCUT2D eigenvalue weighted by molar-refractivity contribution is 0.0530. The fourth-order valence-corrected chi connectivity index (χ4v) is 2.91. The van der Waals surface area contributed by atoms with Gasteiger partial charge < -0.3 is 15.7 Å². The predicted octanol–water partition coefficient (Wildman–Crippen LogP) is 1.05. The molecule has 2 rings (SSSR count). The average molecular weight is 278 g/mol. The van der Waals surface area contributed by atoms with E-state index in [-0.39, 0.29) is 25.1 Å². The minimum Gasteiger partial charge on any atom is -0.395 e. The Hall–Kier alpha value is -1.35. The maximum atomic E-state index is 12.5. The van der Waals surface area contributed by atoms with Gasteiger partial charge in [0, 0.05) is 18.2 Å². The van der Waals surface area contributed by atoms with Gasteiger partial charge in [-0.1, -0.05) is 11.8 Å². The number of nitrogens with zero attached hydrogens (tertiary/aromatic N) is 1. The molecule has 1 aromatic heterocycles. The molecule has 1 aromatic rings. The van der Waals surface area contributed by atoms with Crippen LogP contribution in [-0.4, -0.2) is 41.7 Å². The van der Waals surface area contributed by atoms with Crippen LogP contribution in [-0.2, 0) is 0 Å². The Balaban J connectivity index is 2.18. The number of aliphatic hydroxyl groups is 1. The summed E-state index contributed by atoms with van der Waals surface area (Å²) in [7, 11) is 0. The van der Waals surface area contributed by atoms with Crippen LogP contribution < -0.4 is 5.73 Å².